The second kappa shape index (κ2) is 18.3. The van der Waals surface area contributed by atoms with Gasteiger partial charge in [0, 0.05) is 5.41 Å². The van der Waals surface area contributed by atoms with Gasteiger partial charge in [-0.15, -0.1) is 0 Å². The number of phenolic OH excluding ortho intramolecular Hbond substituents is 2. The standard InChI is InChI=1S/C36H58O2/c1-5-8-10-12-14-16-18-20-22-30-28-32(37)24-26-34(30)36(4,7-3)35-27-25-33(38)29-31(35)23-21-19-17-15-13-11-9-6-2/h24-29,37-38H,5-23H2,1-4H3. The normalized spacial score (nSPS) is 11.8. The molecule has 2 heteroatoms. The minimum Gasteiger partial charge on any atom is -0.508 e. The summed E-state index contributed by atoms with van der Waals surface area (Å²) in [6.07, 6.45) is 24.0. The predicted molar refractivity (Wildman–Crippen MR) is 166 cm³/mol. The summed E-state index contributed by atoms with van der Waals surface area (Å²) in [6, 6.07) is 12.0. The third-order valence-electron chi connectivity index (χ3n) is 8.67. The highest BCUT2D eigenvalue weighted by Gasteiger charge is 2.31. The molecule has 0 heterocycles. The molecule has 0 aliphatic rings. The average molecular weight is 523 g/mol. The molecule has 0 spiro atoms. The summed E-state index contributed by atoms with van der Waals surface area (Å²) < 4.78 is 0. The van der Waals surface area contributed by atoms with Crippen molar-refractivity contribution in [3.63, 3.8) is 0 Å². The number of aromatic hydroxyl groups is 2. The zero-order valence-corrected chi connectivity index (χ0v) is 25.3. The Kier molecular flexibility index (Phi) is 15.6. The molecule has 0 aromatic heterocycles. The Bertz CT molecular complexity index is 831. The lowest BCUT2D eigenvalue weighted by Crippen LogP contribution is -2.26. The zero-order chi connectivity index (χ0) is 27.6. The molecular weight excluding hydrogens is 464 g/mol. The van der Waals surface area contributed by atoms with Crippen molar-refractivity contribution in [2.75, 3.05) is 0 Å². The average Bonchev–Trinajstić information content (AvgIpc) is 2.91. The molecule has 2 rings (SSSR count). The van der Waals surface area contributed by atoms with E-state index in [9.17, 15) is 10.2 Å². The van der Waals surface area contributed by atoms with E-state index in [1.165, 1.54) is 125 Å². The van der Waals surface area contributed by atoms with Crippen LogP contribution < -0.4 is 0 Å². The molecule has 0 saturated carbocycles. The maximum absolute atomic E-state index is 10.4. The van der Waals surface area contributed by atoms with Gasteiger partial charge in [-0.05, 0) is 78.6 Å². The second-order valence-electron chi connectivity index (χ2n) is 11.8. The van der Waals surface area contributed by atoms with Crippen LogP contribution in [0.25, 0.3) is 0 Å². The Labute approximate surface area is 235 Å². The monoisotopic (exact) mass is 522 g/mol. The Morgan fingerprint density at radius 1 is 0.500 bits per heavy atom. The van der Waals surface area contributed by atoms with Crippen molar-refractivity contribution in [2.24, 2.45) is 0 Å². The van der Waals surface area contributed by atoms with Crippen LogP contribution in [0, 0.1) is 0 Å². The lowest BCUT2D eigenvalue weighted by Gasteiger charge is -2.34. The van der Waals surface area contributed by atoms with Crippen LogP contribution >= 0.6 is 0 Å². The molecule has 0 aliphatic carbocycles. The first-order valence-corrected chi connectivity index (χ1v) is 16.1. The molecule has 0 saturated heterocycles. The van der Waals surface area contributed by atoms with Gasteiger partial charge in [0.15, 0.2) is 0 Å². The summed E-state index contributed by atoms with van der Waals surface area (Å²) in [5.41, 5.74) is 5.09. The molecule has 0 radical (unpaired) electrons. The van der Waals surface area contributed by atoms with Crippen LogP contribution in [0.5, 0.6) is 11.5 Å². The summed E-state index contributed by atoms with van der Waals surface area (Å²) >= 11 is 0. The van der Waals surface area contributed by atoms with E-state index in [1.807, 2.05) is 24.3 Å². The van der Waals surface area contributed by atoms with Crippen LogP contribution in [0.2, 0.25) is 0 Å². The summed E-state index contributed by atoms with van der Waals surface area (Å²) in [6.45, 7) is 9.18. The number of benzene rings is 2. The Balaban J connectivity index is 2.10. The van der Waals surface area contributed by atoms with Gasteiger partial charge in [0.05, 0.1) is 0 Å². The highest BCUT2D eigenvalue weighted by Crippen LogP contribution is 2.41. The van der Waals surface area contributed by atoms with Gasteiger partial charge in [0.1, 0.15) is 11.5 Å². The fourth-order valence-electron chi connectivity index (χ4n) is 6.08. The van der Waals surface area contributed by atoms with Crippen molar-refractivity contribution in [1.82, 2.24) is 0 Å². The van der Waals surface area contributed by atoms with Gasteiger partial charge in [0.2, 0.25) is 0 Å². The number of hydrogen-bond donors (Lipinski definition) is 2. The van der Waals surface area contributed by atoms with Gasteiger partial charge in [-0.3, -0.25) is 0 Å². The summed E-state index contributed by atoms with van der Waals surface area (Å²) in [5.74, 6) is 0.735. The maximum Gasteiger partial charge on any atom is 0.115 e. The first-order valence-electron chi connectivity index (χ1n) is 16.1. The van der Waals surface area contributed by atoms with Gasteiger partial charge < -0.3 is 10.2 Å². The van der Waals surface area contributed by atoms with Gasteiger partial charge in [-0.2, -0.15) is 0 Å². The number of unbranched alkanes of at least 4 members (excludes halogenated alkanes) is 14. The smallest absolute Gasteiger partial charge is 0.115 e. The van der Waals surface area contributed by atoms with Gasteiger partial charge >= 0.3 is 0 Å². The minimum absolute atomic E-state index is 0.146. The van der Waals surface area contributed by atoms with Crippen molar-refractivity contribution in [1.29, 1.82) is 0 Å². The highest BCUT2D eigenvalue weighted by molar-refractivity contribution is 5.50. The van der Waals surface area contributed by atoms with Crippen molar-refractivity contribution < 1.29 is 10.2 Å². The zero-order valence-electron chi connectivity index (χ0n) is 25.3. The maximum atomic E-state index is 10.4. The van der Waals surface area contributed by atoms with E-state index in [4.69, 9.17) is 0 Å². The molecule has 2 aromatic rings. The van der Waals surface area contributed by atoms with Crippen LogP contribution in [-0.4, -0.2) is 10.2 Å². The Morgan fingerprint density at radius 3 is 1.18 bits per heavy atom. The number of phenols is 2. The molecule has 0 unspecified atom stereocenters. The first-order chi connectivity index (χ1) is 18.5. The SMILES string of the molecule is CCCCCCCCCCc1cc(O)ccc1C(C)(CC)c1ccc(O)cc1CCCCCCCCCC. The second-order valence-corrected chi connectivity index (χ2v) is 11.8. The molecule has 0 bridgehead atoms. The lowest BCUT2D eigenvalue weighted by atomic mass is 9.70. The summed E-state index contributed by atoms with van der Waals surface area (Å²) in [7, 11) is 0. The van der Waals surface area contributed by atoms with Crippen molar-refractivity contribution >= 4 is 0 Å². The Morgan fingerprint density at radius 2 is 0.842 bits per heavy atom. The van der Waals surface area contributed by atoms with E-state index < -0.39 is 0 Å². The van der Waals surface area contributed by atoms with Gasteiger partial charge in [0.25, 0.3) is 0 Å². The number of hydrogen-bond acceptors (Lipinski definition) is 2. The van der Waals surface area contributed by atoms with E-state index in [0.29, 0.717) is 11.5 Å². The quantitative estimate of drug-likeness (QED) is 0.160. The molecular formula is C36H58O2. The van der Waals surface area contributed by atoms with Crippen LogP contribution in [0.4, 0.5) is 0 Å². The fourth-order valence-corrected chi connectivity index (χ4v) is 6.08. The van der Waals surface area contributed by atoms with E-state index in [0.717, 1.165) is 19.3 Å². The molecule has 0 aliphatic heterocycles. The molecule has 38 heavy (non-hydrogen) atoms. The third kappa shape index (κ3) is 10.7. The summed E-state index contributed by atoms with van der Waals surface area (Å²) in [5, 5.41) is 20.7. The first kappa shape index (κ1) is 32.3. The molecule has 2 nitrogen and oxygen atoms in total. The van der Waals surface area contributed by atoms with Crippen LogP contribution in [0.1, 0.15) is 159 Å². The van der Waals surface area contributed by atoms with E-state index >= 15 is 0 Å². The minimum atomic E-state index is -0.146. The van der Waals surface area contributed by atoms with E-state index in [1.54, 1.807) is 0 Å². The van der Waals surface area contributed by atoms with Crippen LogP contribution in [-0.2, 0) is 18.3 Å². The molecule has 0 amide bonds. The topological polar surface area (TPSA) is 40.5 Å². The largest absolute Gasteiger partial charge is 0.508 e. The van der Waals surface area contributed by atoms with Crippen LogP contribution in [0.3, 0.4) is 0 Å². The highest BCUT2D eigenvalue weighted by atomic mass is 16.3. The predicted octanol–water partition coefficient (Wildman–Crippen LogP) is 11.2. The Hall–Kier alpha value is -1.96. The molecule has 2 N–H and O–H groups in total. The van der Waals surface area contributed by atoms with Crippen molar-refractivity contribution in [2.45, 2.75) is 155 Å². The van der Waals surface area contributed by atoms with Crippen molar-refractivity contribution in [3.05, 3.63) is 58.7 Å². The summed E-state index contributed by atoms with van der Waals surface area (Å²) in [4.78, 5) is 0. The number of aryl methyl sites for hydroxylation is 2. The lowest BCUT2D eigenvalue weighted by molar-refractivity contribution is 0.468. The van der Waals surface area contributed by atoms with Crippen molar-refractivity contribution in [3.8, 4) is 11.5 Å². The van der Waals surface area contributed by atoms with Crippen LogP contribution in [0.15, 0.2) is 36.4 Å². The molecule has 214 valence electrons. The van der Waals surface area contributed by atoms with Gasteiger partial charge in [-0.25, -0.2) is 0 Å². The fraction of sp³-hybridized carbons (Fsp3) is 0.667. The molecule has 0 atom stereocenters. The van der Waals surface area contributed by atoms with Gasteiger partial charge in [-0.1, -0.05) is 130 Å². The van der Waals surface area contributed by atoms with E-state index in [2.05, 4.69) is 39.8 Å². The molecule has 0 fully saturated rings. The molecule has 2 aromatic carbocycles. The number of rotatable bonds is 21. The third-order valence-corrected chi connectivity index (χ3v) is 8.67. The van der Waals surface area contributed by atoms with E-state index in [-0.39, 0.29) is 5.41 Å².